The Bertz CT molecular complexity index is 954. The number of benzene rings is 1. The molecule has 1 aromatic heterocycles. The highest BCUT2D eigenvalue weighted by atomic mass is 16.5. The first kappa shape index (κ1) is 23.2. The number of amides is 1. The molecule has 9 heteroatoms. The molecule has 0 aliphatic rings. The third kappa shape index (κ3) is 5.71. The summed E-state index contributed by atoms with van der Waals surface area (Å²) in [5.74, 6) is 0.441. The quantitative estimate of drug-likeness (QED) is 0.586. The van der Waals surface area contributed by atoms with Crippen LogP contribution in [-0.4, -0.2) is 48.8 Å². The lowest BCUT2D eigenvalue weighted by Crippen LogP contribution is -2.42. The zero-order valence-corrected chi connectivity index (χ0v) is 18.1. The van der Waals surface area contributed by atoms with Crippen LogP contribution in [-0.2, 0) is 20.9 Å². The molecule has 0 spiro atoms. The van der Waals surface area contributed by atoms with Gasteiger partial charge in [0.05, 0.1) is 38.6 Å². The van der Waals surface area contributed by atoms with E-state index in [0.29, 0.717) is 41.8 Å². The van der Waals surface area contributed by atoms with Gasteiger partial charge in [0.15, 0.2) is 11.5 Å². The maximum Gasteiger partial charge on any atom is 0.328 e. The third-order valence-electron chi connectivity index (χ3n) is 4.66. The Labute approximate surface area is 175 Å². The van der Waals surface area contributed by atoms with E-state index in [1.807, 2.05) is 13.8 Å². The van der Waals surface area contributed by atoms with E-state index in [9.17, 15) is 14.4 Å². The number of aryl methyl sites for hydroxylation is 1. The van der Waals surface area contributed by atoms with Crippen LogP contribution >= 0.6 is 0 Å². The number of esters is 1. The molecule has 1 aromatic carbocycles. The van der Waals surface area contributed by atoms with E-state index in [0.717, 1.165) is 0 Å². The van der Waals surface area contributed by atoms with Gasteiger partial charge >= 0.3 is 5.97 Å². The summed E-state index contributed by atoms with van der Waals surface area (Å²) in [6.07, 6.45) is 2.53. The average Bonchev–Trinajstić information content (AvgIpc) is 2.73. The molecule has 1 heterocycles. The van der Waals surface area contributed by atoms with E-state index in [1.54, 1.807) is 12.1 Å². The standard InChI is InChI=1S/C21H29N3O6/c1-13(2)9-16(21(27)30-5)23-19(25)7-6-8-24-12-22-15-11-18(29-4)17(28-3)10-14(15)20(24)26/h10-13,16H,6-9H2,1-5H3,(H,23,25). The smallest absolute Gasteiger partial charge is 0.328 e. The number of hydrogen-bond donors (Lipinski definition) is 1. The number of nitrogens with zero attached hydrogens (tertiary/aromatic N) is 2. The third-order valence-corrected chi connectivity index (χ3v) is 4.66. The highest BCUT2D eigenvalue weighted by molar-refractivity contribution is 5.84. The highest BCUT2D eigenvalue weighted by Gasteiger charge is 2.22. The molecule has 0 aliphatic carbocycles. The summed E-state index contributed by atoms with van der Waals surface area (Å²) >= 11 is 0. The molecular formula is C21H29N3O6. The first-order valence-electron chi connectivity index (χ1n) is 9.79. The number of nitrogens with one attached hydrogen (secondary N) is 1. The number of carbonyl (C=O) groups is 2. The monoisotopic (exact) mass is 419 g/mol. The van der Waals surface area contributed by atoms with Crippen LogP contribution in [0, 0.1) is 5.92 Å². The normalized spacial score (nSPS) is 11.9. The molecule has 9 nitrogen and oxygen atoms in total. The SMILES string of the molecule is COC(=O)C(CC(C)C)NC(=O)CCCn1cnc2cc(OC)c(OC)cc2c1=O. The first-order valence-corrected chi connectivity index (χ1v) is 9.79. The maximum atomic E-state index is 12.8. The van der Waals surface area contributed by atoms with Gasteiger partial charge in [0.2, 0.25) is 5.91 Å². The summed E-state index contributed by atoms with van der Waals surface area (Å²) in [4.78, 5) is 41.1. The lowest BCUT2D eigenvalue weighted by Gasteiger charge is -2.18. The zero-order chi connectivity index (χ0) is 22.3. The fraction of sp³-hybridized carbons (Fsp3) is 0.524. The van der Waals surface area contributed by atoms with Crippen molar-refractivity contribution in [3.8, 4) is 11.5 Å². The van der Waals surface area contributed by atoms with Crippen LogP contribution in [0.3, 0.4) is 0 Å². The Morgan fingerprint density at radius 1 is 1.13 bits per heavy atom. The van der Waals surface area contributed by atoms with Gasteiger partial charge in [-0.1, -0.05) is 13.8 Å². The molecule has 1 unspecified atom stereocenters. The molecule has 30 heavy (non-hydrogen) atoms. The molecule has 164 valence electrons. The minimum Gasteiger partial charge on any atom is -0.493 e. The molecule has 0 fully saturated rings. The number of carbonyl (C=O) groups excluding carboxylic acids is 2. The van der Waals surface area contributed by atoms with Crippen LogP contribution in [0.1, 0.15) is 33.1 Å². The molecule has 2 rings (SSSR count). The van der Waals surface area contributed by atoms with Crippen LogP contribution in [0.15, 0.2) is 23.3 Å². The van der Waals surface area contributed by atoms with Crippen molar-refractivity contribution >= 4 is 22.8 Å². The second kappa shape index (κ2) is 10.6. The molecule has 1 atom stereocenters. The largest absolute Gasteiger partial charge is 0.493 e. The number of fused-ring (bicyclic) bond motifs is 1. The predicted molar refractivity (Wildman–Crippen MR) is 112 cm³/mol. The summed E-state index contributed by atoms with van der Waals surface area (Å²) in [6.45, 7) is 4.24. The molecular weight excluding hydrogens is 390 g/mol. The lowest BCUT2D eigenvalue weighted by molar-refractivity contribution is -0.145. The van der Waals surface area contributed by atoms with Gasteiger partial charge in [-0.15, -0.1) is 0 Å². The number of rotatable bonds is 10. The van der Waals surface area contributed by atoms with Gasteiger partial charge in [-0.05, 0) is 24.8 Å². The number of aromatic nitrogens is 2. The molecule has 0 saturated heterocycles. The van der Waals surface area contributed by atoms with Gasteiger partial charge in [-0.25, -0.2) is 9.78 Å². The molecule has 1 amide bonds. The van der Waals surface area contributed by atoms with Crippen molar-refractivity contribution in [3.05, 3.63) is 28.8 Å². The maximum absolute atomic E-state index is 12.8. The minimum absolute atomic E-state index is 0.169. The summed E-state index contributed by atoms with van der Waals surface area (Å²) < 4.78 is 16.7. The second-order valence-corrected chi connectivity index (χ2v) is 7.34. The van der Waals surface area contributed by atoms with Crippen molar-refractivity contribution in [1.29, 1.82) is 0 Å². The van der Waals surface area contributed by atoms with E-state index in [1.165, 1.54) is 32.2 Å². The van der Waals surface area contributed by atoms with Gasteiger partial charge in [0, 0.05) is 19.0 Å². The van der Waals surface area contributed by atoms with Crippen molar-refractivity contribution in [3.63, 3.8) is 0 Å². The Balaban J connectivity index is 2.05. The van der Waals surface area contributed by atoms with Crippen molar-refractivity contribution < 1.29 is 23.8 Å². The van der Waals surface area contributed by atoms with E-state index in [2.05, 4.69) is 10.3 Å². The van der Waals surface area contributed by atoms with E-state index < -0.39 is 12.0 Å². The van der Waals surface area contributed by atoms with Crippen molar-refractivity contribution in [2.75, 3.05) is 21.3 Å². The van der Waals surface area contributed by atoms with Crippen LogP contribution in [0.5, 0.6) is 11.5 Å². The summed E-state index contributed by atoms with van der Waals surface area (Å²) in [6, 6.07) is 2.57. The predicted octanol–water partition coefficient (Wildman–Crippen LogP) is 1.90. The minimum atomic E-state index is -0.671. The molecule has 1 N–H and O–H groups in total. The Morgan fingerprint density at radius 2 is 1.80 bits per heavy atom. The molecule has 0 aliphatic heterocycles. The second-order valence-electron chi connectivity index (χ2n) is 7.34. The Kier molecular flexibility index (Phi) is 8.20. The van der Waals surface area contributed by atoms with E-state index in [-0.39, 0.29) is 23.8 Å². The average molecular weight is 419 g/mol. The van der Waals surface area contributed by atoms with Crippen molar-refractivity contribution in [2.45, 2.75) is 45.7 Å². The van der Waals surface area contributed by atoms with Gasteiger partial charge in [-0.3, -0.25) is 14.2 Å². The van der Waals surface area contributed by atoms with Gasteiger partial charge < -0.3 is 19.5 Å². The van der Waals surface area contributed by atoms with Gasteiger partial charge in [0.25, 0.3) is 5.56 Å². The van der Waals surface area contributed by atoms with Crippen LogP contribution in [0.25, 0.3) is 10.9 Å². The van der Waals surface area contributed by atoms with Gasteiger partial charge in [0.1, 0.15) is 6.04 Å². The molecule has 2 aromatic rings. The Morgan fingerprint density at radius 3 is 2.40 bits per heavy atom. The fourth-order valence-corrected chi connectivity index (χ4v) is 3.15. The Hall–Kier alpha value is -3.10. The zero-order valence-electron chi connectivity index (χ0n) is 18.1. The number of hydrogen-bond acceptors (Lipinski definition) is 7. The number of methoxy groups -OCH3 is 3. The summed E-state index contributed by atoms with van der Waals surface area (Å²) in [7, 11) is 4.31. The van der Waals surface area contributed by atoms with Crippen LogP contribution < -0.4 is 20.3 Å². The summed E-state index contributed by atoms with van der Waals surface area (Å²) in [5.41, 5.74) is 0.273. The van der Waals surface area contributed by atoms with Crippen molar-refractivity contribution in [1.82, 2.24) is 14.9 Å². The molecule has 0 saturated carbocycles. The molecule has 0 radical (unpaired) electrons. The topological polar surface area (TPSA) is 109 Å². The van der Waals surface area contributed by atoms with E-state index >= 15 is 0 Å². The number of ether oxygens (including phenoxy) is 3. The molecule has 0 bridgehead atoms. The van der Waals surface area contributed by atoms with Crippen LogP contribution in [0.2, 0.25) is 0 Å². The first-order chi connectivity index (χ1) is 14.3. The van der Waals surface area contributed by atoms with E-state index in [4.69, 9.17) is 14.2 Å². The lowest BCUT2D eigenvalue weighted by atomic mass is 10.0. The highest BCUT2D eigenvalue weighted by Crippen LogP contribution is 2.29. The summed E-state index contributed by atoms with van der Waals surface area (Å²) in [5, 5.41) is 3.12. The fourth-order valence-electron chi connectivity index (χ4n) is 3.15. The van der Waals surface area contributed by atoms with Crippen LogP contribution in [0.4, 0.5) is 0 Å². The van der Waals surface area contributed by atoms with Gasteiger partial charge in [-0.2, -0.15) is 0 Å². The van der Waals surface area contributed by atoms with Crippen molar-refractivity contribution in [2.24, 2.45) is 5.92 Å².